The molecule has 1 aliphatic heterocycles. The first-order valence-electron chi connectivity index (χ1n) is 7.43. The van der Waals surface area contributed by atoms with Crippen LogP contribution in [0, 0.1) is 0 Å². The van der Waals surface area contributed by atoms with Gasteiger partial charge in [-0.3, -0.25) is 0 Å². The summed E-state index contributed by atoms with van der Waals surface area (Å²) in [7, 11) is 2.20. The minimum atomic E-state index is 0.865. The number of hydrogen-bond donors (Lipinski definition) is 0. The van der Waals surface area contributed by atoms with Crippen LogP contribution in [0.4, 0.5) is 0 Å². The predicted molar refractivity (Wildman–Crippen MR) is 81.8 cm³/mol. The van der Waals surface area contributed by atoms with Crippen molar-refractivity contribution in [1.29, 1.82) is 0 Å². The minimum absolute atomic E-state index is 0.865. The number of aromatic nitrogens is 2. The van der Waals surface area contributed by atoms with Crippen molar-refractivity contribution in [3.8, 4) is 0 Å². The highest BCUT2D eigenvalue weighted by Crippen LogP contribution is 2.11. The largest absolute Gasteiger partial charge is 0.304 e. The van der Waals surface area contributed by atoms with Gasteiger partial charge in [-0.15, -0.1) is 0 Å². The van der Waals surface area contributed by atoms with Crippen LogP contribution in [0.3, 0.4) is 0 Å². The van der Waals surface area contributed by atoms with E-state index in [1.165, 1.54) is 39.1 Å². The molecule has 3 heterocycles. The topological polar surface area (TPSA) is 32.3 Å². The zero-order chi connectivity index (χ0) is 13.8. The third kappa shape index (κ3) is 3.32. The number of nitrogens with zero attached hydrogens (tertiary/aromatic N) is 4. The minimum Gasteiger partial charge on any atom is -0.304 e. The van der Waals surface area contributed by atoms with Gasteiger partial charge in [0.25, 0.3) is 0 Å². The molecule has 0 N–H and O–H groups in total. The van der Waals surface area contributed by atoms with Crippen molar-refractivity contribution in [1.82, 2.24) is 19.8 Å². The first-order chi connectivity index (χ1) is 9.81. The van der Waals surface area contributed by atoms with Crippen LogP contribution in [0.2, 0.25) is 0 Å². The highest BCUT2D eigenvalue weighted by atomic mass is 15.2. The third-order valence-corrected chi connectivity index (χ3v) is 4.02. The molecule has 0 amide bonds. The predicted octanol–water partition coefficient (Wildman–Crippen LogP) is 1.81. The summed E-state index contributed by atoms with van der Waals surface area (Å²) < 4.78 is 0. The van der Waals surface area contributed by atoms with Crippen LogP contribution in [-0.2, 0) is 6.42 Å². The summed E-state index contributed by atoms with van der Waals surface area (Å²) >= 11 is 0. The molecule has 0 spiro atoms. The summed E-state index contributed by atoms with van der Waals surface area (Å²) in [6, 6.07) is 8.27. The Balaban J connectivity index is 1.52. The molecule has 4 heteroatoms. The van der Waals surface area contributed by atoms with Crippen molar-refractivity contribution in [2.24, 2.45) is 0 Å². The van der Waals surface area contributed by atoms with Gasteiger partial charge >= 0.3 is 0 Å². The first kappa shape index (κ1) is 13.5. The van der Waals surface area contributed by atoms with Crippen molar-refractivity contribution in [3.05, 3.63) is 36.2 Å². The summed E-state index contributed by atoms with van der Waals surface area (Å²) in [5, 5.41) is 1.12. The zero-order valence-corrected chi connectivity index (χ0v) is 12.1. The number of fused-ring (bicyclic) bond motifs is 1. The van der Waals surface area contributed by atoms with Gasteiger partial charge in [-0.25, -0.2) is 9.97 Å². The van der Waals surface area contributed by atoms with Crippen LogP contribution in [0.5, 0.6) is 0 Å². The Bertz CT molecular complexity index is 561. The smallest absolute Gasteiger partial charge is 0.159 e. The number of likely N-dealkylation sites (N-methyl/N-ethyl adjacent to an activating group) is 1. The quantitative estimate of drug-likeness (QED) is 0.848. The second-order valence-electron chi connectivity index (χ2n) is 5.60. The maximum absolute atomic E-state index is 4.63. The summed E-state index contributed by atoms with van der Waals surface area (Å²) in [6.45, 7) is 5.96. The van der Waals surface area contributed by atoms with Crippen molar-refractivity contribution >= 4 is 11.0 Å². The Morgan fingerprint density at radius 3 is 2.80 bits per heavy atom. The maximum atomic E-state index is 4.63. The monoisotopic (exact) mass is 270 g/mol. The molecule has 0 saturated carbocycles. The van der Waals surface area contributed by atoms with E-state index in [0.29, 0.717) is 0 Å². The molecule has 1 fully saturated rings. The van der Waals surface area contributed by atoms with Crippen molar-refractivity contribution in [3.63, 3.8) is 0 Å². The van der Waals surface area contributed by atoms with Gasteiger partial charge in [-0.1, -0.05) is 0 Å². The molecule has 20 heavy (non-hydrogen) atoms. The molecule has 1 aliphatic rings. The molecule has 106 valence electrons. The fraction of sp³-hybridized carbons (Fsp3) is 0.500. The number of rotatable bonds is 4. The molecule has 2 aromatic heterocycles. The van der Waals surface area contributed by atoms with E-state index in [9.17, 15) is 0 Å². The van der Waals surface area contributed by atoms with Crippen LogP contribution in [0.25, 0.3) is 11.0 Å². The van der Waals surface area contributed by atoms with Gasteiger partial charge < -0.3 is 9.80 Å². The highest BCUT2D eigenvalue weighted by Gasteiger charge is 2.12. The maximum Gasteiger partial charge on any atom is 0.159 e. The average Bonchev–Trinajstić information content (AvgIpc) is 2.49. The molecule has 0 atom stereocenters. The lowest BCUT2D eigenvalue weighted by atomic mass is 10.2. The van der Waals surface area contributed by atoms with Crippen LogP contribution in [-0.4, -0.2) is 59.5 Å². The summed E-state index contributed by atoms with van der Waals surface area (Å²) in [5.41, 5.74) is 2.02. The standard InChI is InChI=1S/C16H22N4/c1-19-10-12-20(13-11-19)9-3-5-15-7-6-14-4-2-8-17-16(14)18-15/h2,4,6-8H,3,5,9-13H2,1H3. The van der Waals surface area contributed by atoms with Crippen LogP contribution in [0.1, 0.15) is 12.1 Å². The van der Waals surface area contributed by atoms with E-state index in [2.05, 4.69) is 45.0 Å². The Labute approximate surface area is 120 Å². The molecule has 4 nitrogen and oxygen atoms in total. The third-order valence-electron chi connectivity index (χ3n) is 4.02. The van der Waals surface area contributed by atoms with Gasteiger partial charge in [0.15, 0.2) is 5.65 Å². The SMILES string of the molecule is CN1CCN(CCCc2ccc3cccnc3n2)CC1. The lowest BCUT2D eigenvalue weighted by molar-refractivity contribution is 0.153. The fourth-order valence-electron chi connectivity index (χ4n) is 2.69. The van der Waals surface area contributed by atoms with Gasteiger partial charge in [0, 0.05) is 43.5 Å². The van der Waals surface area contributed by atoms with Gasteiger partial charge in [0.05, 0.1) is 0 Å². The van der Waals surface area contributed by atoms with Gasteiger partial charge in [-0.05, 0) is 50.7 Å². The molecule has 0 unspecified atom stereocenters. The number of piperazine rings is 1. The van der Waals surface area contributed by atoms with Crippen LogP contribution < -0.4 is 0 Å². The van der Waals surface area contributed by atoms with E-state index in [4.69, 9.17) is 0 Å². The second-order valence-corrected chi connectivity index (χ2v) is 5.60. The zero-order valence-electron chi connectivity index (χ0n) is 12.1. The molecule has 0 bridgehead atoms. The Morgan fingerprint density at radius 1 is 1.10 bits per heavy atom. The van der Waals surface area contributed by atoms with E-state index in [1.807, 2.05) is 12.3 Å². The van der Waals surface area contributed by atoms with Gasteiger partial charge in [-0.2, -0.15) is 0 Å². The Morgan fingerprint density at radius 2 is 1.95 bits per heavy atom. The lowest BCUT2D eigenvalue weighted by Gasteiger charge is -2.32. The van der Waals surface area contributed by atoms with E-state index in [-0.39, 0.29) is 0 Å². The fourth-order valence-corrected chi connectivity index (χ4v) is 2.69. The van der Waals surface area contributed by atoms with E-state index < -0.39 is 0 Å². The lowest BCUT2D eigenvalue weighted by Crippen LogP contribution is -2.44. The number of aryl methyl sites for hydroxylation is 1. The molecule has 0 radical (unpaired) electrons. The van der Waals surface area contributed by atoms with Crippen molar-refractivity contribution in [2.75, 3.05) is 39.8 Å². The summed E-state index contributed by atoms with van der Waals surface area (Å²) in [6.07, 6.45) is 4.03. The highest BCUT2D eigenvalue weighted by molar-refractivity contribution is 5.74. The van der Waals surface area contributed by atoms with Gasteiger partial charge in [0.2, 0.25) is 0 Å². The van der Waals surface area contributed by atoms with Crippen LogP contribution in [0.15, 0.2) is 30.5 Å². The Kier molecular flexibility index (Phi) is 4.23. The van der Waals surface area contributed by atoms with Crippen LogP contribution >= 0.6 is 0 Å². The van der Waals surface area contributed by atoms with Crippen molar-refractivity contribution in [2.45, 2.75) is 12.8 Å². The molecule has 2 aromatic rings. The molecule has 1 saturated heterocycles. The second kappa shape index (κ2) is 6.29. The Hall–Kier alpha value is -1.52. The van der Waals surface area contributed by atoms with E-state index in [1.54, 1.807) is 0 Å². The summed E-state index contributed by atoms with van der Waals surface area (Å²) in [4.78, 5) is 13.9. The normalized spacial score (nSPS) is 17.6. The van der Waals surface area contributed by atoms with Gasteiger partial charge in [0.1, 0.15) is 0 Å². The number of hydrogen-bond acceptors (Lipinski definition) is 4. The summed E-state index contributed by atoms with van der Waals surface area (Å²) in [5.74, 6) is 0. The molecule has 0 aliphatic carbocycles. The number of pyridine rings is 2. The molecular formula is C16H22N4. The van der Waals surface area contributed by atoms with E-state index in [0.717, 1.165) is 23.1 Å². The first-order valence-corrected chi connectivity index (χ1v) is 7.43. The molecule has 3 rings (SSSR count). The average molecular weight is 270 g/mol. The van der Waals surface area contributed by atoms with Crippen molar-refractivity contribution < 1.29 is 0 Å². The molecular weight excluding hydrogens is 248 g/mol. The molecule has 0 aromatic carbocycles. The van der Waals surface area contributed by atoms with E-state index >= 15 is 0 Å².